The molecule has 0 radical (unpaired) electrons. The fourth-order valence-corrected chi connectivity index (χ4v) is 9.14. The summed E-state index contributed by atoms with van der Waals surface area (Å²) in [5.41, 5.74) is 2.21. The maximum Gasteiger partial charge on any atom is 0.201 e. The Bertz CT molecular complexity index is 430. The third kappa shape index (κ3) is 3.83. The van der Waals surface area contributed by atoms with E-state index in [1.807, 2.05) is 37.3 Å². The molecule has 0 aliphatic carbocycles. The number of carbonyl (C=O) groups is 1. The lowest BCUT2D eigenvalue weighted by atomic mass is 10.1. The average Bonchev–Trinajstić information content (AvgIpc) is 2.43. The van der Waals surface area contributed by atoms with E-state index < -0.39 is 8.32 Å². The van der Waals surface area contributed by atoms with Gasteiger partial charge in [0.15, 0.2) is 5.78 Å². The van der Waals surface area contributed by atoms with Crippen molar-refractivity contribution in [1.29, 1.82) is 0 Å². The van der Waals surface area contributed by atoms with Crippen LogP contribution in [0.1, 0.15) is 58.8 Å². The second-order valence-electron chi connectivity index (χ2n) is 6.81. The zero-order valence-corrected chi connectivity index (χ0v) is 15.5. The quantitative estimate of drug-likeness (QED) is 0.494. The van der Waals surface area contributed by atoms with Crippen molar-refractivity contribution < 1.29 is 9.22 Å². The van der Waals surface area contributed by atoms with Crippen LogP contribution in [0.2, 0.25) is 16.6 Å². The highest BCUT2D eigenvalue weighted by atomic mass is 28.4. The topological polar surface area (TPSA) is 26.3 Å². The molecule has 0 saturated heterocycles. The Kier molecular flexibility index (Phi) is 6.35. The van der Waals surface area contributed by atoms with Crippen molar-refractivity contribution in [3.05, 3.63) is 35.9 Å². The number of rotatable bonds is 7. The van der Waals surface area contributed by atoms with Gasteiger partial charge in [-0.15, -0.1) is 0 Å². The normalized spacial score (nSPS) is 14.0. The van der Waals surface area contributed by atoms with Crippen LogP contribution in [0.25, 0.3) is 0 Å². The van der Waals surface area contributed by atoms with Gasteiger partial charge in [0.25, 0.3) is 0 Å². The second kappa shape index (κ2) is 7.37. The van der Waals surface area contributed by atoms with Crippen molar-refractivity contribution in [2.75, 3.05) is 0 Å². The summed E-state index contributed by atoms with van der Waals surface area (Å²) in [5, 5.41) is 0. The van der Waals surface area contributed by atoms with Gasteiger partial charge in [0.05, 0.1) is 0 Å². The highest BCUT2D eigenvalue weighted by Gasteiger charge is 2.46. The Morgan fingerprint density at radius 2 is 1.29 bits per heavy atom. The number of carbonyl (C=O) groups excluding carboxylic acids is 1. The highest BCUT2D eigenvalue weighted by molar-refractivity contribution is 6.77. The zero-order chi connectivity index (χ0) is 16.2. The van der Waals surface area contributed by atoms with Gasteiger partial charge in [0, 0.05) is 5.56 Å². The minimum absolute atomic E-state index is 0.0921. The van der Waals surface area contributed by atoms with E-state index in [0.717, 1.165) is 5.56 Å². The summed E-state index contributed by atoms with van der Waals surface area (Å²) in [6, 6.07) is 9.46. The summed E-state index contributed by atoms with van der Waals surface area (Å²) in [6.45, 7) is 15.4. The smallest absolute Gasteiger partial charge is 0.201 e. The highest BCUT2D eigenvalue weighted by Crippen LogP contribution is 2.43. The molecule has 0 amide bonds. The van der Waals surface area contributed by atoms with Crippen LogP contribution in [-0.2, 0) is 4.43 Å². The van der Waals surface area contributed by atoms with Crippen LogP contribution < -0.4 is 0 Å². The van der Waals surface area contributed by atoms with E-state index in [-0.39, 0.29) is 11.9 Å². The molecule has 0 aliphatic rings. The Labute approximate surface area is 131 Å². The molecule has 118 valence electrons. The zero-order valence-electron chi connectivity index (χ0n) is 14.5. The summed E-state index contributed by atoms with van der Waals surface area (Å²) < 4.78 is 6.53. The van der Waals surface area contributed by atoms with Crippen molar-refractivity contribution in [2.45, 2.75) is 71.2 Å². The van der Waals surface area contributed by atoms with E-state index in [4.69, 9.17) is 4.43 Å². The molecule has 1 atom stereocenters. The Morgan fingerprint density at radius 3 is 1.67 bits per heavy atom. The maximum atomic E-state index is 12.6. The van der Waals surface area contributed by atoms with Crippen LogP contribution in [-0.4, -0.2) is 20.2 Å². The van der Waals surface area contributed by atoms with Gasteiger partial charge in [-0.05, 0) is 23.5 Å². The molecule has 0 heterocycles. The Balaban J connectivity index is 3.01. The number of ketones is 1. The second-order valence-corrected chi connectivity index (χ2v) is 12.2. The molecule has 0 spiro atoms. The standard InChI is InChI=1S/C18H30O2Si/c1-13(2)21(14(3)4,15(5)6)20-16(7)18(19)17-11-9-8-10-12-17/h8-16H,1-7H3. The van der Waals surface area contributed by atoms with Crippen LogP contribution in [0.3, 0.4) is 0 Å². The molecule has 0 fully saturated rings. The third-order valence-electron chi connectivity index (χ3n) is 4.52. The number of Topliss-reactive ketones (excluding diaryl/α,β-unsaturated/α-hetero) is 1. The first kappa shape index (κ1) is 18.1. The van der Waals surface area contributed by atoms with Crippen molar-refractivity contribution >= 4 is 14.1 Å². The largest absolute Gasteiger partial charge is 0.406 e. The Morgan fingerprint density at radius 1 is 0.857 bits per heavy atom. The average molecular weight is 307 g/mol. The fraction of sp³-hybridized carbons (Fsp3) is 0.611. The molecule has 21 heavy (non-hydrogen) atoms. The van der Waals surface area contributed by atoms with Crippen molar-refractivity contribution in [3.8, 4) is 0 Å². The molecule has 1 rings (SSSR count). The lowest BCUT2D eigenvalue weighted by molar-refractivity contribution is 0.0789. The van der Waals surface area contributed by atoms with Crippen molar-refractivity contribution in [1.82, 2.24) is 0 Å². The van der Waals surface area contributed by atoms with Crippen LogP contribution in [0.4, 0.5) is 0 Å². The summed E-state index contributed by atoms with van der Waals surface area (Å²) in [5.74, 6) is 0.0921. The SMILES string of the molecule is CC(O[Si](C(C)C)(C(C)C)C(C)C)C(=O)c1ccccc1. The van der Waals surface area contributed by atoms with Crippen LogP contribution >= 0.6 is 0 Å². The molecule has 0 N–H and O–H groups in total. The first-order valence-electron chi connectivity index (χ1n) is 8.00. The van der Waals surface area contributed by atoms with Gasteiger partial charge in [-0.1, -0.05) is 71.9 Å². The van der Waals surface area contributed by atoms with E-state index >= 15 is 0 Å². The van der Waals surface area contributed by atoms with Gasteiger partial charge in [-0.25, -0.2) is 0 Å². The summed E-state index contributed by atoms with van der Waals surface area (Å²) in [4.78, 5) is 12.6. The molecule has 1 aromatic carbocycles. The lowest BCUT2D eigenvalue weighted by Crippen LogP contribution is -2.51. The summed E-state index contributed by atoms with van der Waals surface area (Å²) >= 11 is 0. The monoisotopic (exact) mass is 306 g/mol. The molecule has 1 unspecified atom stereocenters. The molecular weight excluding hydrogens is 276 g/mol. The van der Waals surface area contributed by atoms with E-state index in [9.17, 15) is 4.79 Å². The molecule has 1 aromatic rings. The number of hydrogen-bond donors (Lipinski definition) is 0. The first-order chi connectivity index (χ1) is 9.73. The number of benzene rings is 1. The van der Waals surface area contributed by atoms with Gasteiger partial charge in [-0.3, -0.25) is 4.79 Å². The van der Waals surface area contributed by atoms with E-state index in [1.165, 1.54) is 0 Å². The molecule has 3 heteroatoms. The molecule has 2 nitrogen and oxygen atoms in total. The van der Waals surface area contributed by atoms with Gasteiger partial charge in [0.2, 0.25) is 8.32 Å². The van der Waals surface area contributed by atoms with Crippen molar-refractivity contribution in [2.24, 2.45) is 0 Å². The first-order valence-corrected chi connectivity index (χ1v) is 10.1. The minimum atomic E-state index is -2.01. The number of hydrogen-bond acceptors (Lipinski definition) is 2. The van der Waals surface area contributed by atoms with Crippen LogP contribution in [0.15, 0.2) is 30.3 Å². The lowest BCUT2D eigenvalue weighted by Gasteiger charge is -2.43. The molecule has 0 bridgehead atoms. The van der Waals surface area contributed by atoms with Gasteiger partial charge >= 0.3 is 0 Å². The van der Waals surface area contributed by atoms with Gasteiger partial charge in [-0.2, -0.15) is 0 Å². The molecule has 0 aliphatic heterocycles. The van der Waals surface area contributed by atoms with Crippen molar-refractivity contribution in [3.63, 3.8) is 0 Å². The van der Waals surface area contributed by atoms with Gasteiger partial charge < -0.3 is 4.43 Å². The predicted octanol–water partition coefficient (Wildman–Crippen LogP) is 5.45. The van der Waals surface area contributed by atoms with E-state index in [2.05, 4.69) is 41.5 Å². The maximum absolute atomic E-state index is 12.6. The Hall–Kier alpha value is -0.933. The third-order valence-corrected chi connectivity index (χ3v) is 10.7. The summed E-state index contributed by atoms with van der Waals surface area (Å²) in [6.07, 6.45) is -0.369. The van der Waals surface area contributed by atoms with Gasteiger partial charge in [0.1, 0.15) is 6.10 Å². The summed E-state index contributed by atoms with van der Waals surface area (Å²) in [7, 11) is -2.01. The van der Waals surface area contributed by atoms with Crippen LogP contribution in [0, 0.1) is 0 Å². The predicted molar refractivity (Wildman–Crippen MR) is 92.4 cm³/mol. The fourth-order valence-electron chi connectivity index (χ4n) is 3.61. The van der Waals surface area contributed by atoms with E-state index in [1.54, 1.807) is 0 Å². The van der Waals surface area contributed by atoms with Crippen LogP contribution in [0.5, 0.6) is 0 Å². The molecule has 0 aromatic heterocycles. The van der Waals surface area contributed by atoms with E-state index in [0.29, 0.717) is 16.6 Å². The molecular formula is C18H30O2Si. The molecule has 0 saturated carbocycles. The minimum Gasteiger partial charge on any atom is -0.406 e.